The molecule has 0 aliphatic heterocycles. The molecule has 2 unspecified atom stereocenters. The molecule has 2 atom stereocenters. The highest BCUT2D eigenvalue weighted by Crippen LogP contribution is 2.16. The summed E-state index contributed by atoms with van der Waals surface area (Å²) in [5.41, 5.74) is 1.49. The first-order valence-corrected chi connectivity index (χ1v) is 9.58. The van der Waals surface area contributed by atoms with Crippen LogP contribution >= 0.6 is 0 Å². The largest absolute Gasteiger partial charge is 0.481 e. The van der Waals surface area contributed by atoms with E-state index in [-0.39, 0.29) is 17.3 Å². The zero-order valence-corrected chi connectivity index (χ0v) is 13.0. The van der Waals surface area contributed by atoms with Crippen molar-refractivity contribution in [2.24, 2.45) is 0 Å². The van der Waals surface area contributed by atoms with Gasteiger partial charge in [0.2, 0.25) is 0 Å². The van der Waals surface area contributed by atoms with Gasteiger partial charge in [0.1, 0.15) is 9.84 Å². The Bertz CT molecular complexity index is 590. The third kappa shape index (κ3) is 5.83. The van der Waals surface area contributed by atoms with Crippen molar-refractivity contribution in [2.75, 3.05) is 17.8 Å². The Kier molecular flexibility index (Phi) is 5.88. The Morgan fingerprint density at radius 3 is 2.30 bits per heavy atom. The lowest BCUT2D eigenvalue weighted by atomic mass is 10.0. The lowest BCUT2D eigenvalue weighted by Gasteiger charge is -2.08. The number of carbonyl (C=O) groups is 1. The smallest absolute Gasteiger partial charge is 0.310 e. The number of hydrogen-bond acceptors (Lipinski definition) is 4. The minimum atomic E-state index is -3.10. The van der Waals surface area contributed by atoms with Crippen LogP contribution in [0.3, 0.4) is 0 Å². The first-order valence-electron chi connectivity index (χ1n) is 6.03. The summed E-state index contributed by atoms with van der Waals surface area (Å²) in [6, 6.07) is 6.85. The summed E-state index contributed by atoms with van der Waals surface area (Å²) >= 11 is 0. The summed E-state index contributed by atoms with van der Waals surface area (Å²) in [4.78, 5) is 10.8. The second-order valence-corrected chi connectivity index (χ2v) is 8.56. The number of hydrogen-bond donors (Lipinski definition) is 1. The van der Waals surface area contributed by atoms with Crippen LogP contribution in [-0.4, -0.2) is 41.5 Å². The van der Waals surface area contributed by atoms with E-state index in [1.807, 2.05) is 0 Å². The maximum absolute atomic E-state index is 11.7. The summed E-state index contributed by atoms with van der Waals surface area (Å²) in [6.45, 7) is 1.60. The quantitative estimate of drug-likeness (QED) is 0.815. The van der Waals surface area contributed by atoms with Gasteiger partial charge in [0.15, 0.2) is 0 Å². The molecule has 0 aromatic heterocycles. The summed E-state index contributed by atoms with van der Waals surface area (Å²) in [7, 11) is -4.34. The standard InChI is InChI=1S/C13H18O5S2/c1-10(13(14)15)12-5-3-11(4-6-12)9-19(16)7-8-20(2,17)18/h3-6,10H,7-9H2,1-2H3,(H,14,15). The highest BCUT2D eigenvalue weighted by molar-refractivity contribution is 7.92. The molecule has 20 heavy (non-hydrogen) atoms. The van der Waals surface area contributed by atoms with Gasteiger partial charge in [0.05, 0.1) is 11.7 Å². The Hall–Kier alpha value is -1.21. The average molecular weight is 318 g/mol. The zero-order chi connectivity index (χ0) is 15.3. The Balaban J connectivity index is 2.62. The van der Waals surface area contributed by atoms with Crippen molar-refractivity contribution in [2.45, 2.75) is 18.6 Å². The van der Waals surface area contributed by atoms with E-state index in [2.05, 4.69) is 0 Å². The number of aliphatic carboxylic acids is 1. The third-order valence-electron chi connectivity index (χ3n) is 2.86. The molecule has 1 N–H and O–H groups in total. The molecule has 0 aliphatic rings. The summed E-state index contributed by atoms with van der Waals surface area (Å²) in [5.74, 6) is -1.17. The van der Waals surface area contributed by atoms with Gasteiger partial charge in [-0.3, -0.25) is 9.00 Å². The molecule has 0 heterocycles. The fraction of sp³-hybridized carbons (Fsp3) is 0.462. The van der Waals surface area contributed by atoms with Crippen LogP contribution in [0.2, 0.25) is 0 Å². The molecule has 0 amide bonds. The molecule has 0 radical (unpaired) electrons. The molecule has 1 aromatic rings. The molecule has 0 saturated heterocycles. The molecule has 5 nitrogen and oxygen atoms in total. The molecule has 0 bridgehead atoms. The Morgan fingerprint density at radius 1 is 1.30 bits per heavy atom. The number of benzene rings is 1. The monoisotopic (exact) mass is 318 g/mol. The number of sulfone groups is 1. The summed E-state index contributed by atoms with van der Waals surface area (Å²) in [5, 5.41) is 8.89. The van der Waals surface area contributed by atoms with Crippen molar-refractivity contribution in [3.05, 3.63) is 35.4 Å². The van der Waals surface area contributed by atoms with Gasteiger partial charge in [0, 0.05) is 28.6 Å². The van der Waals surface area contributed by atoms with E-state index in [1.54, 1.807) is 31.2 Å². The van der Waals surface area contributed by atoms with Gasteiger partial charge >= 0.3 is 5.97 Å². The predicted octanol–water partition coefficient (Wildman–Crippen LogP) is 1.17. The second-order valence-electron chi connectivity index (χ2n) is 4.72. The summed E-state index contributed by atoms with van der Waals surface area (Å²) < 4.78 is 33.7. The number of rotatable bonds is 7. The molecule has 0 fully saturated rings. The van der Waals surface area contributed by atoms with Crippen molar-refractivity contribution in [3.8, 4) is 0 Å². The lowest BCUT2D eigenvalue weighted by Crippen LogP contribution is -2.13. The Labute approximate surface area is 121 Å². The molecule has 1 rings (SSSR count). The normalized spacial score (nSPS) is 14.7. The highest BCUT2D eigenvalue weighted by Gasteiger charge is 2.13. The van der Waals surface area contributed by atoms with E-state index < -0.39 is 32.5 Å². The van der Waals surface area contributed by atoms with Crippen molar-refractivity contribution in [1.82, 2.24) is 0 Å². The van der Waals surface area contributed by atoms with Crippen LogP contribution in [0.4, 0.5) is 0 Å². The van der Waals surface area contributed by atoms with Crippen LogP contribution in [0.15, 0.2) is 24.3 Å². The predicted molar refractivity (Wildman–Crippen MR) is 78.9 cm³/mol. The van der Waals surface area contributed by atoms with Crippen LogP contribution < -0.4 is 0 Å². The van der Waals surface area contributed by atoms with Gasteiger partial charge in [-0.15, -0.1) is 0 Å². The van der Waals surface area contributed by atoms with E-state index >= 15 is 0 Å². The van der Waals surface area contributed by atoms with E-state index in [0.717, 1.165) is 11.8 Å². The van der Waals surface area contributed by atoms with Gasteiger partial charge in [0.25, 0.3) is 0 Å². The topological polar surface area (TPSA) is 88.5 Å². The molecule has 7 heteroatoms. The van der Waals surface area contributed by atoms with Gasteiger partial charge < -0.3 is 5.11 Å². The van der Waals surface area contributed by atoms with Gasteiger partial charge in [-0.1, -0.05) is 24.3 Å². The molecule has 0 aliphatic carbocycles. The van der Waals surface area contributed by atoms with Crippen LogP contribution in [0, 0.1) is 0 Å². The maximum Gasteiger partial charge on any atom is 0.310 e. The van der Waals surface area contributed by atoms with Crippen molar-refractivity contribution in [1.29, 1.82) is 0 Å². The Morgan fingerprint density at radius 2 is 1.85 bits per heavy atom. The molecule has 112 valence electrons. The highest BCUT2D eigenvalue weighted by atomic mass is 32.2. The SMILES string of the molecule is CC(C(=O)O)c1ccc(CS(=O)CCS(C)(=O)=O)cc1. The van der Waals surface area contributed by atoms with Gasteiger partial charge in [-0.05, 0) is 18.1 Å². The average Bonchev–Trinajstić information content (AvgIpc) is 2.35. The molecular formula is C13H18O5S2. The second kappa shape index (κ2) is 6.99. The fourth-order valence-electron chi connectivity index (χ4n) is 1.55. The van der Waals surface area contributed by atoms with E-state index in [1.165, 1.54) is 0 Å². The van der Waals surface area contributed by atoms with E-state index in [9.17, 15) is 17.4 Å². The number of carboxylic acid groups (broad SMARTS) is 1. The first kappa shape index (κ1) is 16.8. The maximum atomic E-state index is 11.7. The number of carboxylic acids is 1. The van der Waals surface area contributed by atoms with Gasteiger partial charge in [-0.2, -0.15) is 0 Å². The molecule has 0 spiro atoms. The molecule has 1 aromatic carbocycles. The molecule has 0 saturated carbocycles. The minimum absolute atomic E-state index is 0.0895. The fourth-order valence-corrected chi connectivity index (χ4v) is 4.21. The van der Waals surface area contributed by atoms with Crippen LogP contribution in [0.1, 0.15) is 24.0 Å². The van der Waals surface area contributed by atoms with Crippen LogP contribution in [0.5, 0.6) is 0 Å². The minimum Gasteiger partial charge on any atom is -0.481 e. The van der Waals surface area contributed by atoms with Gasteiger partial charge in [-0.25, -0.2) is 8.42 Å². The third-order valence-corrected chi connectivity index (χ3v) is 5.38. The van der Waals surface area contributed by atoms with Crippen LogP contribution in [0.25, 0.3) is 0 Å². The summed E-state index contributed by atoms with van der Waals surface area (Å²) in [6.07, 6.45) is 1.12. The molecular weight excluding hydrogens is 300 g/mol. The van der Waals surface area contributed by atoms with Crippen molar-refractivity contribution >= 4 is 26.6 Å². The van der Waals surface area contributed by atoms with Crippen molar-refractivity contribution < 1.29 is 22.5 Å². The van der Waals surface area contributed by atoms with Crippen molar-refractivity contribution in [3.63, 3.8) is 0 Å². The zero-order valence-electron chi connectivity index (χ0n) is 11.4. The van der Waals surface area contributed by atoms with E-state index in [0.29, 0.717) is 5.56 Å². The lowest BCUT2D eigenvalue weighted by molar-refractivity contribution is -0.138. The van der Waals surface area contributed by atoms with E-state index in [4.69, 9.17) is 5.11 Å². The first-order chi connectivity index (χ1) is 9.19. The van der Waals surface area contributed by atoms with Crippen LogP contribution in [-0.2, 0) is 31.2 Å².